The smallest absolute Gasteiger partial charge is 0.412 e. The van der Waals surface area contributed by atoms with Gasteiger partial charge < -0.3 is 24.8 Å². The van der Waals surface area contributed by atoms with E-state index < -0.39 is 18.2 Å². The lowest BCUT2D eigenvalue weighted by Crippen LogP contribution is -2.51. The van der Waals surface area contributed by atoms with E-state index >= 15 is 0 Å². The average Bonchev–Trinajstić information content (AvgIpc) is 2.89. The maximum Gasteiger partial charge on any atom is 0.412 e. The third-order valence-corrected chi connectivity index (χ3v) is 6.52. The van der Waals surface area contributed by atoms with Crippen LogP contribution in [0.25, 0.3) is 0 Å². The van der Waals surface area contributed by atoms with E-state index in [4.69, 9.17) is 14.2 Å². The summed E-state index contributed by atoms with van der Waals surface area (Å²) in [6.45, 7) is 9.84. The highest BCUT2D eigenvalue weighted by Crippen LogP contribution is 2.45. The minimum atomic E-state index is -0.604. The van der Waals surface area contributed by atoms with Crippen molar-refractivity contribution < 1.29 is 33.4 Å². The van der Waals surface area contributed by atoms with E-state index in [0.29, 0.717) is 29.8 Å². The van der Waals surface area contributed by atoms with Crippen molar-refractivity contribution in [2.45, 2.75) is 46.1 Å². The number of ketones is 1. The molecule has 208 valence electrons. The summed E-state index contributed by atoms with van der Waals surface area (Å²) in [5.41, 5.74) is 0.703. The van der Waals surface area contributed by atoms with Crippen LogP contribution in [0.3, 0.4) is 0 Å². The number of alkyl carbamates (subject to hydrolysis) is 1. The molecule has 9 heteroatoms. The number of amides is 2. The second-order valence-electron chi connectivity index (χ2n) is 10.9. The van der Waals surface area contributed by atoms with Crippen LogP contribution in [0.15, 0.2) is 67.3 Å². The largest absolute Gasteiger partial charge is 0.459 e. The second kappa shape index (κ2) is 13.1. The van der Waals surface area contributed by atoms with Crippen LogP contribution in [0.1, 0.15) is 56.0 Å². The summed E-state index contributed by atoms with van der Waals surface area (Å²) in [5.74, 6) is -0.356. The van der Waals surface area contributed by atoms with E-state index in [2.05, 4.69) is 38.0 Å². The van der Waals surface area contributed by atoms with Crippen LogP contribution in [0.2, 0.25) is 0 Å². The first-order valence-corrected chi connectivity index (χ1v) is 12.9. The molecule has 0 saturated heterocycles. The molecule has 3 rings (SSSR count). The Balaban J connectivity index is 1.50. The zero-order valence-electron chi connectivity index (χ0n) is 22.7. The van der Waals surface area contributed by atoms with Crippen LogP contribution in [-0.2, 0) is 14.3 Å². The Morgan fingerprint density at radius 2 is 1.54 bits per heavy atom. The molecule has 1 aliphatic carbocycles. The molecule has 9 nitrogen and oxygen atoms in total. The fourth-order valence-electron chi connectivity index (χ4n) is 5.28. The Morgan fingerprint density at radius 3 is 2.21 bits per heavy atom. The quantitative estimate of drug-likeness (QED) is 0.189. The molecule has 0 bridgehead atoms. The van der Waals surface area contributed by atoms with E-state index in [9.17, 15) is 19.2 Å². The predicted octanol–water partition coefficient (Wildman–Crippen LogP) is 5.05. The summed E-state index contributed by atoms with van der Waals surface area (Å²) in [6, 6.07) is 15.3. The van der Waals surface area contributed by atoms with Gasteiger partial charge in [0.25, 0.3) is 0 Å². The van der Waals surface area contributed by atoms with Crippen molar-refractivity contribution in [3.63, 3.8) is 0 Å². The molecule has 0 heterocycles. The molecule has 0 spiro atoms. The molecule has 1 saturated carbocycles. The lowest BCUT2D eigenvalue weighted by Gasteiger charge is -2.46. The fourth-order valence-corrected chi connectivity index (χ4v) is 5.28. The number of benzene rings is 2. The summed E-state index contributed by atoms with van der Waals surface area (Å²) in [5, 5.41) is 5.74. The van der Waals surface area contributed by atoms with E-state index in [1.807, 2.05) is 6.07 Å². The highest BCUT2D eigenvalue weighted by molar-refractivity contribution is 6.09. The Labute approximate surface area is 228 Å². The van der Waals surface area contributed by atoms with Gasteiger partial charge in [0, 0.05) is 29.8 Å². The van der Waals surface area contributed by atoms with E-state index in [-0.39, 0.29) is 35.9 Å². The molecule has 2 N–H and O–H groups in total. The van der Waals surface area contributed by atoms with Crippen molar-refractivity contribution >= 4 is 23.9 Å². The summed E-state index contributed by atoms with van der Waals surface area (Å²) in [6.07, 6.45) is 2.07. The van der Waals surface area contributed by atoms with Gasteiger partial charge in [-0.1, -0.05) is 57.7 Å². The molecule has 2 aromatic carbocycles. The van der Waals surface area contributed by atoms with Gasteiger partial charge >= 0.3 is 18.2 Å². The van der Waals surface area contributed by atoms with Gasteiger partial charge in [0.1, 0.15) is 19.0 Å². The maximum atomic E-state index is 12.7. The van der Waals surface area contributed by atoms with E-state index in [1.54, 1.807) is 48.5 Å². The van der Waals surface area contributed by atoms with Gasteiger partial charge in [0.05, 0.1) is 0 Å². The van der Waals surface area contributed by atoms with Crippen molar-refractivity contribution in [2.24, 2.45) is 10.8 Å². The second-order valence-corrected chi connectivity index (χ2v) is 10.9. The molecule has 2 unspecified atom stereocenters. The van der Waals surface area contributed by atoms with Crippen LogP contribution < -0.4 is 15.4 Å². The molecule has 2 atom stereocenters. The van der Waals surface area contributed by atoms with Gasteiger partial charge in [-0.25, -0.2) is 14.4 Å². The first kappa shape index (κ1) is 29.4. The zero-order valence-corrected chi connectivity index (χ0v) is 22.7. The van der Waals surface area contributed by atoms with Crippen molar-refractivity contribution in [3.05, 3.63) is 78.4 Å². The number of hydrogen-bond acceptors (Lipinski definition) is 7. The van der Waals surface area contributed by atoms with Crippen LogP contribution in [0, 0.1) is 10.8 Å². The summed E-state index contributed by atoms with van der Waals surface area (Å²) in [7, 11) is 0. The van der Waals surface area contributed by atoms with Crippen LogP contribution in [-0.4, -0.2) is 49.7 Å². The van der Waals surface area contributed by atoms with E-state index in [0.717, 1.165) is 18.9 Å². The van der Waals surface area contributed by atoms with Crippen molar-refractivity contribution in [2.75, 3.05) is 19.8 Å². The summed E-state index contributed by atoms with van der Waals surface area (Å²) in [4.78, 5) is 48.4. The first-order valence-electron chi connectivity index (χ1n) is 12.9. The van der Waals surface area contributed by atoms with Crippen LogP contribution in [0.5, 0.6) is 5.75 Å². The van der Waals surface area contributed by atoms with Gasteiger partial charge in [-0.2, -0.15) is 0 Å². The average molecular weight is 537 g/mol. The third kappa shape index (κ3) is 9.28. The molecule has 1 fully saturated rings. The Bertz CT molecular complexity index is 1180. The van der Waals surface area contributed by atoms with Gasteiger partial charge in [-0.15, -0.1) is 0 Å². The number of rotatable bonds is 10. The standard InChI is InChI=1S/C30H36N2O7/c1-5-25(33)37-15-16-38-27(35)31-20-30(4)18-23(17-29(2,3)19-30)32-28(36)39-24-13-11-22(12-14-24)26(34)21-9-7-6-8-10-21/h5-14,23H,1,15-20H2,2-4H3,(H,31,35)(H,32,36). The number of nitrogens with one attached hydrogen (secondary N) is 2. The number of carbonyl (C=O) groups is 4. The maximum absolute atomic E-state index is 12.7. The molecule has 0 aliphatic heterocycles. The van der Waals surface area contributed by atoms with Gasteiger partial charge in [-0.05, 0) is 54.4 Å². The Kier molecular flexibility index (Phi) is 9.87. The molecule has 2 aromatic rings. The van der Waals surface area contributed by atoms with Crippen LogP contribution in [0.4, 0.5) is 9.59 Å². The Hall–Kier alpha value is -4.14. The lowest BCUT2D eigenvalue weighted by atomic mass is 9.62. The molecule has 0 radical (unpaired) electrons. The van der Waals surface area contributed by atoms with Crippen molar-refractivity contribution in [3.8, 4) is 5.75 Å². The topological polar surface area (TPSA) is 120 Å². The fraction of sp³-hybridized carbons (Fsp3) is 0.400. The molecule has 0 aromatic heterocycles. The minimum Gasteiger partial charge on any atom is -0.459 e. The highest BCUT2D eigenvalue weighted by atomic mass is 16.6. The van der Waals surface area contributed by atoms with Gasteiger partial charge in [-0.3, -0.25) is 4.79 Å². The zero-order chi connectivity index (χ0) is 28.5. The summed E-state index contributed by atoms with van der Waals surface area (Å²) < 4.78 is 15.3. The van der Waals surface area contributed by atoms with Crippen molar-refractivity contribution in [1.82, 2.24) is 10.6 Å². The lowest BCUT2D eigenvalue weighted by molar-refractivity contribution is -0.138. The van der Waals surface area contributed by atoms with E-state index in [1.165, 1.54) is 0 Å². The van der Waals surface area contributed by atoms with Gasteiger partial charge in [0.2, 0.25) is 0 Å². The third-order valence-electron chi connectivity index (χ3n) is 6.52. The number of carbonyl (C=O) groups excluding carboxylic acids is 4. The normalized spacial score (nSPS) is 19.7. The van der Waals surface area contributed by atoms with Crippen LogP contribution >= 0.6 is 0 Å². The first-order chi connectivity index (χ1) is 18.5. The van der Waals surface area contributed by atoms with Crippen molar-refractivity contribution in [1.29, 1.82) is 0 Å². The predicted molar refractivity (Wildman–Crippen MR) is 146 cm³/mol. The number of ether oxygens (including phenoxy) is 3. The highest BCUT2D eigenvalue weighted by Gasteiger charge is 2.42. The number of hydrogen-bond donors (Lipinski definition) is 2. The summed E-state index contributed by atoms with van der Waals surface area (Å²) >= 11 is 0. The molecular formula is C30H36N2O7. The molecular weight excluding hydrogens is 500 g/mol. The molecule has 2 amide bonds. The van der Waals surface area contributed by atoms with Gasteiger partial charge in [0.15, 0.2) is 5.78 Å². The minimum absolute atomic E-state index is 0.0528. The molecule has 39 heavy (non-hydrogen) atoms. The SMILES string of the molecule is C=CC(=O)OCCOC(=O)NCC1(C)CC(NC(=O)Oc2ccc(C(=O)c3ccccc3)cc2)CC(C)(C)C1. The molecule has 1 aliphatic rings. The Morgan fingerprint density at radius 1 is 0.897 bits per heavy atom. The number of esters is 1. The monoisotopic (exact) mass is 536 g/mol.